The van der Waals surface area contributed by atoms with Crippen molar-refractivity contribution in [3.05, 3.63) is 45.9 Å². The van der Waals surface area contributed by atoms with E-state index in [2.05, 4.69) is 15.5 Å². The predicted molar refractivity (Wildman–Crippen MR) is 92.7 cm³/mol. The molecule has 3 rings (SSSR count). The van der Waals surface area contributed by atoms with Crippen LogP contribution >= 0.6 is 0 Å². The van der Waals surface area contributed by atoms with Gasteiger partial charge in [0, 0.05) is 30.8 Å². The third kappa shape index (κ3) is 4.00. The van der Waals surface area contributed by atoms with Gasteiger partial charge >= 0.3 is 0 Å². The number of aromatic amines is 1. The van der Waals surface area contributed by atoms with Crippen LogP contribution in [0, 0.1) is 0 Å². The highest BCUT2D eigenvalue weighted by molar-refractivity contribution is 5.96. The monoisotopic (exact) mass is 374 g/mol. The number of benzene rings is 1. The number of hydrogen-bond acceptors (Lipinski definition) is 7. The van der Waals surface area contributed by atoms with Gasteiger partial charge in [0.15, 0.2) is 17.2 Å². The van der Waals surface area contributed by atoms with Crippen LogP contribution in [-0.2, 0) is 0 Å². The van der Waals surface area contributed by atoms with Crippen LogP contribution in [0.1, 0.15) is 33.7 Å². The number of phenolic OH excluding ortho intramolecular Hbond substituents is 3. The Kier molecular flexibility index (Phi) is 4.97. The summed E-state index contributed by atoms with van der Waals surface area (Å²) in [6.45, 7) is 0.799. The first-order valence-corrected chi connectivity index (χ1v) is 8.26. The van der Waals surface area contributed by atoms with E-state index in [0.29, 0.717) is 25.9 Å². The predicted octanol–water partition coefficient (Wildman–Crippen LogP) is -0.0787. The number of amides is 2. The van der Waals surface area contributed by atoms with Gasteiger partial charge in [-0.25, -0.2) is 5.10 Å². The zero-order valence-corrected chi connectivity index (χ0v) is 14.2. The molecule has 1 aliphatic rings. The van der Waals surface area contributed by atoms with Crippen LogP contribution in [0.2, 0.25) is 0 Å². The Bertz CT molecular complexity index is 890. The minimum absolute atomic E-state index is 0.0127. The van der Waals surface area contributed by atoms with Gasteiger partial charge in [-0.05, 0) is 31.0 Å². The van der Waals surface area contributed by atoms with E-state index < -0.39 is 23.2 Å². The van der Waals surface area contributed by atoms with E-state index in [1.807, 2.05) is 0 Å². The lowest BCUT2D eigenvalue weighted by Gasteiger charge is -2.32. The zero-order chi connectivity index (χ0) is 19.6. The second-order valence-corrected chi connectivity index (χ2v) is 6.21. The highest BCUT2D eigenvalue weighted by atomic mass is 16.3. The molecule has 2 heterocycles. The van der Waals surface area contributed by atoms with E-state index in [4.69, 9.17) is 0 Å². The first kappa shape index (κ1) is 18.2. The number of rotatable bonds is 3. The van der Waals surface area contributed by atoms with Crippen molar-refractivity contribution in [2.75, 3.05) is 13.1 Å². The number of aromatic hydroxyl groups is 3. The molecule has 0 aliphatic carbocycles. The number of H-pyrrole nitrogens is 1. The number of carbonyl (C=O) groups is 2. The van der Waals surface area contributed by atoms with E-state index in [9.17, 15) is 29.7 Å². The maximum atomic E-state index is 12.3. The van der Waals surface area contributed by atoms with Gasteiger partial charge < -0.3 is 25.5 Å². The van der Waals surface area contributed by atoms with E-state index in [1.165, 1.54) is 12.1 Å². The van der Waals surface area contributed by atoms with E-state index >= 15 is 0 Å². The largest absolute Gasteiger partial charge is 0.504 e. The first-order valence-electron chi connectivity index (χ1n) is 8.26. The molecule has 5 N–H and O–H groups in total. The molecule has 142 valence electrons. The summed E-state index contributed by atoms with van der Waals surface area (Å²) in [5.74, 6) is -2.67. The number of nitrogens with one attached hydrogen (secondary N) is 2. The van der Waals surface area contributed by atoms with Crippen molar-refractivity contribution in [1.29, 1.82) is 0 Å². The van der Waals surface area contributed by atoms with Gasteiger partial charge in [0.25, 0.3) is 17.4 Å². The fourth-order valence-corrected chi connectivity index (χ4v) is 2.86. The standard InChI is InChI=1S/C17H18N4O6/c22-12-7-9(8-13(23)15(12)25)16(26)18-10-3-5-21(6-4-10)17(27)11-1-2-14(24)20-19-11/h1-2,7-8,10,22-23,25H,3-6H2,(H,18,26)(H,20,24). The molecule has 1 aromatic heterocycles. The lowest BCUT2D eigenvalue weighted by Crippen LogP contribution is -2.46. The van der Waals surface area contributed by atoms with Crippen molar-refractivity contribution >= 4 is 11.8 Å². The third-order valence-electron chi connectivity index (χ3n) is 4.35. The minimum atomic E-state index is -0.686. The molecule has 1 fully saturated rings. The summed E-state index contributed by atoms with van der Waals surface area (Å²) in [6.07, 6.45) is 1.02. The summed E-state index contributed by atoms with van der Waals surface area (Å²) in [4.78, 5) is 37.2. The molecule has 1 saturated heterocycles. The molecule has 1 aliphatic heterocycles. The smallest absolute Gasteiger partial charge is 0.274 e. The number of carbonyl (C=O) groups excluding carboxylic acids is 2. The second-order valence-electron chi connectivity index (χ2n) is 6.21. The van der Waals surface area contributed by atoms with Gasteiger partial charge in [-0.3, -0.25) is 14.4 Å². The Morgan fingerprint density at radius 3 is 2.30 bits per heavy atom. The summed E-state index contributed by atoms with van der Waals surface area (Å²) < 4.78 is 0. The summed E-state index contributed by atoms with van der Waals surface area (Å²) in [5, 5.41) is 37.0. The lowest BCUT2D eigenvalue weighted by molar-refractivity contribution is 0.0691. The molecule has 0 spiro atoms. The molecule has 0 unspecified atom stereocenters. The summed E-state index contributed by atoms with van der Waals surface area (Å²) in [7, 11) is 0. The van der Waals surface area contributed by atoms with Crippen LogP contribution in [-0.4, -0.2) is 61.4 Å². The molecule has 0 radical (unpaired) electrons. The molecule has 0 saturated carbocycles. The third-order valence-corrected chi connectivity index (χ3v) is 4.35. The maximum Gasteiger partial charge on any atom is 0.274 e. The number of likely N-dealkylation sites (tertiary alicyclic amines) is 1. The minimum Gasteiger partial charge on any atom is -0.504 e. The summed E-state index contributed by atoms with van der Waals surface area (Å²) in [6, 6.07) is 4.52. The molecule has 27 heavy (non-hydrogen) atoms. The maximum absolute atomic E-state index is 12.3. The van der Waals surface area contributed by atoms with Crippen molar-refractivity contribution < 1.29 is 24.9 Å². The number of hydrogen-bond donors (Lipinski definition) is 5. The Morgan fingerprint density at radius 2 is 1.74 bits per heavy atom. The molecule has 10 heteroatoms. The van der Waals surface area contributed by atoms with E-state index in [1.54, 1.807) is 4.90 Å². The number of aromatic nitrogens is 2. The Balaban J connectivity index is 1.58. The Hall–Kier alpha value is -3.56. The Labute approximate surface area is 153 Å². The van der Waals surface area contributed by atoms with Gasteiger partial charge in [0.2, 0.25) is 0 Å². The van der Waals surface area contributed by atoms with E-state index in [0.717, 1.165) is 12.1 Å². The average molecular weight is 374 g/mol. The average Bonchev–Trinajstić information content (AvgIpc) is 2.66. The van der Waals surface area contributed by atoms with Crippen LogP contribution in [0.4, 0.5) is 0 Å². The zero-order valence-electron chi connectivity index (χ0n) is 14.2. The fourth-order valence-electron chi connectivity index (χ4n) is 2.86. The summed E-state index contributed by atoms with van der Waals surface area (Å²) >= 11 is 0. The lowest BCUT2D eigenvalue weighted by atomic mass is 10.0. The number of piperidine rings is 1. The number of phenols is 3. The second kappa shape index (κ2) is 7.36. The van der Waals surface area contributed by atoms with Crippen LogP contribution in [0.15, 0.2) is 29.1 Å². The first-order chi connectivity index (χ1) is 12.8. The molecular weight excluding hydrogens is 356 g/mol. The highest BCUT2D eigenvalue weighted by Crippen LogP contribution is 2.35. The molecular formula is C17H18N4O6. The molecule has 2 aromatic rings. The number of nitrogens with zero attached hydrogens (tertiary/aromatic N) is 2. The summed E-state index contributed by atoms with van der Waals surface area (Å²) in [5.41, 5.74) is -0.231. The van der Waals surface area contributed by atoms with Crippen LogP contribution in [0.5, 0.6) is 17.2 Å². The van der Waals surface area contributed by atoms with Crippen LogP contribution in [0.25, 0.3) is 0 Å². The fraction of sp³-hybridized carbons (Fsp3) is 0.294. The van der Waals surface area contributed by atoms with Gasteiger partial charge in [0.1, 0.15) is 5.69 Å². The molecule has 1 aromatic carbocycles. The topological polar surface area (TPSA) is 156 Å². The van der Waals surface area contributed by atoms with Crippen LogP contribution in [0.3, 0.4) is 0 Å². The van der Waals surface area contributed by atoms with Crippen molar-refractivity contribution in [3.63, 3.8) is 0 Å². The quantitative estimate of drug-likeness (QED) is 0.470. The van der Waals surface area contributed by atoms with Crippen molar-refractivity contribution in [2.24, 2.45) is 0 Å². The van der Waals surface area contributed by atoms with Crippen molar-refractivity contribution in [1.82, 2.24) is 20.4 Å². The van der Waals surface area contributed by atoms with E-state index in [-0.39, 0.29) is 28.8 Å². The van der Waals surface area contributed by atoms with Crippen molar-refractivity contribution in [3.8, 4) is 17.2 Å². The van der Waals surface area contributed by atoms with Gasteiger partial charge in [0.05, 0.1) is 0 Å². The van der Waals surface area contributed by atoms with Gasteiger partial charge in [-0.15, -0.1) is 0 Å². The molecule has 2 amide bonds. The van der Waals surface area contributed by atoms with Crippen molar-refractivity contribution in [2.45, 2.75) is 18.9 Å². The van der Waals surface area contributed by atoms with Crippen LogP contribution < -0.4 is 10.9 Å². The molecule has 10 nitrogen and oxygen atoms in total. The highest BCUT2D eigenvalue weighted by Gasteiger charge is 2.26. The Morgan fingerprint density at radius 1 is 1.11 bits per heavy atom. The molecule has 0 atom stereocenters. The normalized spacial score (nSPS) is 14.7. The van der Waals surface area contributed by atoms with Gasteiger partial charge in [-0.2, -0.15) is 5.10 Å². The molecule has 0 bridgehead atoms. The SMILES string of the molecule is O=C(NC1CCN(C(=O)c2ccc(=O)[nH]n2)CC1)c1cc(O)c(O)c(O)c1. The van der Waals surface area contributed by atoms with Gasteiger partial charge in [-0.1, -0.05) is 0 Å².